The molecule has 3 heteroatoms. The normalized spacial score (nSPS) is 11.8. The van der Waals surface area contributed by atoms with Crippen LogP contribution in [0.4, 0.5) is 0 Å². The molecule has 0 spiro atoms. The van der Waals surface area contributed by atoms with Crippen LogP contribution in [-0.4, -0.2) is 12.4 Å². The summed E-state index contributed by atoms with van der Waals surface area (Å²) in [5, 5.41) is 8.57. The number of hydrogen-bond donors (Lipinski definition) is 1. The predicted molar refractivity (Wildman–Crippen MR) is 73.5 cm³/mol. The molecule has 0 amide bonds. The van der Waals surface area contributed by atoms with Gasteiger partial charge in [0.05, 0.1) is 19.1 Å². The van der Waals surface area contributed by atoms with Crippen LogP contribution in [0, 0.1) is 17.2 Å². The summed E-state index contributed by atoms with van der Waals surface area (Å²) in [6.07, 6.45) is 2.76. The molecule has 0 N–H and O–H groups in total. The molecule has 1 atom stereocenters. The molecule has 0 saturated heterocycles. The zero-order valence-corrected chi connectivity index (χ0v) is 11.1. The lowest BCUT2D eigenvalue weighted by atomic mass is 10.1. The van der Waals surface area contributed by atoms with Crippen LogP contribution in [0.15, 0.2) is 24.3 Å². The van der Waals surface area contributed by atoms with Crippen molar-refractivity contribution < 1.29 is 4.74 Å². The monoisotopic (exact) mass is 249 g/mol. The van der Waals surface area contributed by atoms with Crippen LogP contribution < -0.4 is 4.74 Å². The van der Waals surface area contributed by atoms with Gasteiger partial charge in [0.1, 0.15) is 5.75 Å². The Bertz CT molecular complexity index is 355. The number of thiol groups is 1. The highest BCUT2D eigenvalue weighted by Crippen LogP contribution is 2.15. The van der Waals surface area contributed by atoms with Gasteiger partial charge < -0.3 is 4.74 Å². The zero-order chi connectivity index (χ0) is 12.5. The highest BCUT2D eigenvalue weighted by molar-refractivity contribution is 7.80. The molecule has 17 heavy (non-hydrogen) atoms. The number of rotatable bonds is 7. The quantitative estimate of drug-likeness (QED) is 0.750. The van der Waals surface area contributed by atoms with Crippen LogP contribution in [0.25, 0.3) is 0 Å². The van der Waals surface area contributed by atoms with Crippen molar-refractivity contribution in [3.8, 4) is 11.8 Å². The Morgan fingerprint density at radius 3 is 2.59 bits per heavy atom. The topological polar surface area (TPSA) is 33.0 Å². The van der Waals surface area contributed by atoms with Crippen molar-refractivity contribution in [2.75, 3.05) is 12.4 Å². The summed E-state index contributed by atoms with van der Waals surface area (Å²) >= 11 is 4.32. The summed E-state index contributed by atoms with van der Waals surface area (Å²) < 4.78 is 5.71. The SMILES string of the molecule is CCCC(CS)COc1ccc(CC#N)cc1. The average Bonchev–Trinajstić information content (AvgIpc) is 2.36. The Hall–Kier alpha value is -1.14. The predicted octanol–water partition coefficient (Wildman–Crippen LogP) is 3.48. The fraction of sp³-hybridized carbons (Fsp3) is 0.500. The van der Waals surface area contributed by atoms with E-state index in [1.807, 2.05) is 24.3 Å². The largest absolute Gasteiger partial charge is 0.493 e. The van der Waals surface area contributed by atoms with Gasteiger partial charge in [-0.2, -0.15) is 17.9 Å². The third kappa shape index (κ3) is 5.14. The smallest absolute Gasteiger partial charge is 0.119 e. The highest BCUT2D eigenvalue weighted by Gasteiger charge is 2.06. The molecular formula is C14H19NOS. The minimum Gasteiger partial charge on any atom is -0.493 e. The van der Waals surface area contributed by atoms with E-state index >= 15 is 0 Å². The van der Waals surface area contributed by atoms with E-state index in [2.05, 4.69) is 25.6 Å². The second-order valence-corrected chi connectivity index (χ2v) is 4.49. The molecule has 2 nitrogen and oxygen atoms in total. The number of hydrogen-bond acceptors (Lipinski definition) is 3. The van der Waals surface area contributed by atoms with Gasteiger partial charge in [0.15, 0.2) is 0 Å². The van der Waals surface area contributed by atoms with Crippen molar-refractivity contribution in [3.63, 3.8) is 0 Å². The van der Waals surface area contributed by atoms with Crippen molar-refractivity contribution in [1.29, 1.82) is 5.26 Å². The lowest BCUT2D eigenvalue weighted by Gasteiger charge is -2.14. The first-order valence-corrected chi connectivity index (χ1v) is 6.63. The summed E-state index contributed by atoms with van der Waals surface area (Å²) in [5.74, 6) is 2.25. The molecule has 1 rings (SSSR count). The van der Waals surface area contributed by atoms with Gasteiger partial charge in [-0.1, -0.05) is 25.5 Å². The highest BCUT2D eigenvalue weighted by atomic mass is 32.1. The average molecular weight is 249 g/mol. The zero-order valence-electron chi connectivity index (χ0n) is 10.2. The minimum atomic E-state index is 0.454. The fourth-order valence-electron chi connectivity index (χ4n) is 1.64. The molecule has 0 heterocycles. The molecular weight excluding hydrogens is 230 g/mol. The van der Waals surface area contributed by atoms with Gasteiger partial charge in [0, 0.05) is 5.92 Å². The van der Waals surface area contributed by atoms with Gasteiger partial charge in [-0.25, -0.2) is 0 Å². The van der Waals surface area contributed by atoms with E-state index in [9.17, 15) is 0 Å². The molecule has 92 valence electrons. The van der Waals surface area contributed by atoms with E-state index < -0.39 is 0 Å². The maximum atomic E-state index is 8.57. The molecule has 1 unspecified atom stereocenters. The second-order valence-electron chi connectivity index (χ2n) is 4.13. The van der Waals surface area contributed by atoms with E-state index in [4.69, 9.17) is 10.00 Å². The Morgan fingerprint density at radius 1 is 1.35 bits per heavy atom. The lowest BCUT2D eigenvalue weighted by Crippen LogP contribution is -2.13. The van der Waals surface area contributed by atoms with E-state index in [1.54, 1.807) is 0 Å². The first-order valence-electron chi connectivity index (χ1n) is 5.99. The van der Waals surface area contributed by atoms with Crippen LogP contribution in [0.2, 0.25) is 0 Å². The maximum Gasteiger partial charge on any atom is 0.119 e. The van der Waals surface area contributed by atoms with Crippen molar-refractivity contribution in [2.24, 2.45) is 5.92 Å². The van der Waals surface area contributed by atoms with E-state index in [0.717, 1.165) is 36.5 Å². The lowest BCUT2D eigenvalue weighted by molar-refractivity contribution is 0.254. The van der Waals surface area contributed by atoms with Crippen molar-refractivity contribution in [1.82, 2.24) is 0 Å². The molecule has 0 aliphatic carbocycles. The summed E-state index contributed by atoms with van der Waals surface area (Å²) in [6.45, 7) is 2.89. The summed E-state index contributed by atoms with van der Waals surface area (Å²) in [5.41, 5.74) is 1.03. The first kappa shape index (κ1) is 13.9. The van der Waals surface area contributed by atoms with Gasteiger partial charge in [-0.05, 0) is 29.9 Å². The van der Waals surface area contributed by atoms with Gasteiger partial charge in [-0.15, -0.1) is 0 Å². The van der Waals surface area contributed by atoms with E-state index in [1.165, 1.54) is 0 Å². The number of nitrogens with zero attached hydrogens (tertiary/aromatic N) is 1. The van der Waals surface area contributed by atoms with E-state index in [-0.39, 0.29) is 0 Å². The number of ether oxygens (including phenoxy) is 1. The van der Waals surface area contributed by atoms with Gasteiger partial charge in [0.25, 0.3) is 0 Å². The van der Waals surface area contributed by atoms with E-state index in [0.29, 0.717) is 12.3 Å². The second kappa shape index (κ2) is 8.03. The molecule has 0 saturated carbocycles. The minimum absolute atomic E-state index is 0.454. The fourth-order valence-corrected chi connectivity index (χ4v) is 1.93. The van der Waals surface area contributed by atoms with Crippen molar-refractivity contribution in [2.45, 2.75) is 26.2 Å². The standard InChI is InChI=1S/C14H19NOS/c1-2-3-13(11-17)10-16-14-6-4-12(5-7-14)8-9-15/h4-7,13,17H,2-3,8,10-11H2,1H3. The molecule has 0 aromatic heterocycles. The van der Waals surface area contributed by atoms with Gasteiger partial charge in [0.2, 0.25) is 0 Å². The van der Waals surface area contributed by atoms with Crippen LogP contribution in [0.1, 0.15) is 25.3 Å². The molecule has 0 aliphatic rings. The summed E-state index contributed by atoms with van der Waals surface area (Å²) in [4.78, 5) is 0. The Kier molecular flexibility index (Phi) is 6.57. The van der Waals surface area contributed by atoms with Crippen LogP contribution in [-0.2, 0) is 6.42 Å². The van der Waals surface area contributed by atoms with Crippen molar-refractivity contribution in [3.05, 3.63) is 29.8 Å². The first-order chi connectivity index (χ1) is 8.30. The molecule has 0 radical (unpaired) electrons. The Balaban J connectivity index is 2.43. The molecule has 0 bridgehead atoms. The molecule has 0 aliphatic heterocycles. The Morgan fingerprint density at radius 2 is 2.06 bits per heavy atom. The third-order valence-electron chi connectivity index (χ3n) is 2.65. The third-order valence-corrected chi connectivity index (χ3v) is 3.16. The Labute approximate surface area is 109 Å². The molecule has 1 aromatic rings. The maximum absolute atomic E-state index is 8.57. The van der Waals surface area contributed by atoms with Crippen LogP contribution >= 0.6 is 12.6 Å². The van der Waals surface area contributed by atoms with Gasteiger partial charge in [-0.3, -0.25) is 0 Å². The molecule has 0 fully saturated rings. The summed E-state index contributed by atoms with van der Waals surface area (Å²) in [7, 11) is 0. The van der Waals surface area contributed by atoms with Gasteiger partial charge >= 0.3 is 0 Å². The number of benzene rings is 1. The van der Waals surface area contributed by atoms with Crippen LogP contribution in [0.3, 0.4) is 0 Å². The van der Waals surface area contributed by atoms with Crippen LogP contribution in [0.5, 0.6) is 5.75 Å². The number of nitriles is 1. The summed E-state index contributed by atoms with van der Waals surface area (Å²) in [6, 6.07) is 9.86. The van der Waals surface area contributed by atoms with Crippen molar-refractivity contribution >= 4 is 12.6 Å². The molecule has 1 aromatic carbocycles.